The predicted octanol–water partition coefficient (Wildman–Crippen LogP) is 3.89. The molecule has 0 bridgehead atoms. The number of aromatic amines is 1. The van der Waals surface area contributed by atoms with Crippen molar-refractivity contribution in [2.45, 2.75) is 58.2 Å². The van der Waals surface area contributed by atoms with E-state index in [1.807, 2.05) is 32.9 Å². The molecule has 0 saturated heterocycles. The van der Waals surface area contributed by atoms with Gasteiger partial charge in [0.25, 0.3) is 0 Å². The number of carbonyl (C=O) groups excluding carboxylic acids is 1. The summed E-state index contributed by atoms with van der Waals surface area (Å²) in [6.45, 7) is 6.05. The number of fused-ring (bicyclic) bond motifs is 1. The third-order valence-corrected chi connectivity index (χ3v) is 5.87. The van der Waals surface area contributed by atoms with E-state index < -0.39 is 12.1 Å². The van der Waals surface area contributed by atoms with Crippen LogP contribution >= 0.6 is 0 Å². The Morgan fingerprint density at radius 2 is 1.74 bits per heavy atom. The molecule has 2 unspecified atom stereocenters. The van der Waals surface area contributed by atoms with Crippen molar-refractivity contribution in [3.05, 3.63) is 63.9 Å². The van der Waals surface area contributed by atoms with Crippen molar-refractivity contribution in [1.82, 2.24) is 10.3 Å². The molecule has 0 saturated carbocycles. The molecule has 1 aromatic heterocycles. The molecule has 8 heteroatoms. The second kappa shape index (κ2) is 11.9. The summed E-state index contributed by atoms with van der Waals surface area (Å²) in [5, 5.41) is 15.1. The number of benzene rings is 2. The fraction of sp³-hybridized carbons (Fsp3) is 0.407. The Kier molecular flexibility index (Phi) is 8.89. The maximum Gasteiger partial charge on any atom is 0.311 e. The number of hydrogen-bond acceptors (Lipinski definition) is 7. The third-order valence-electron chi connectivity index (χ3n) is 5.87. The first-order valence-electron chi connectivity index (χ1n) is 11.8. The Bertz CT molecular complexity index is 1220. The lowest BCUT2D eigenvalue weighted by Gasteiger charge is -2.26. The fourth-order valence-electron chi connectivity index (χ4n) is 4.12. The molecule has 3 aromatic rings. The number of nitrogens with one attached hydrogen (secondary N) is 2. The van der Waals surface area contributed by atoms with E-state index >= 15 is 0 Å². The number of hydrogen-bond donors (Lipinski definition) is 3. The molecule has 35 heavy (non-hydrogen) atoms. The minimum atomic E-state index is -0.800. The standard InChI is InChI=1S/C27H34N2O6/c1-6-20(28-16(2)3)27(32)19-9-12-22(26-18(19)10-13-24(30)29-26)35-25(31)14-8-17-7-11-21(33-4)23(15-17)34-5/h7,9-13,15-16,20,27-28,32H,6,8,14H2,1-5H3,(H,29,30). The summed E-state index contributed by atoms with van der Waals surface area (Å²) in [6.07, 6.45) is 0.500. The number of methoxy groups -OCH3 is 2. The van der Waals surface area contributed by atoms with Crippen LogP contribution in [0.5, 0.6) is 17.2 Å². The molecule has 0 aliphatic carbocycles. The molecule has 0 aliphatic rings. The first-order chi connectivity index (χ1) is 16.8. The Labute approximate surface area is 205 Å². The van der Waals surface area contributed by atoms with Crippen LogP contribution in [-0.2, 0) is 11.2 Å². The zero-order valence-electron chi connectivity index (χ0n) is 20.9. The van der Waals surface area contributed by atoms with E-state index in [2.05, 4.69) is 10.3 Å². The normalized spacial score (nSPS) is 13.0. The Morgan fingerprint density at radius 1 is 1.03 bits per heavy atom. The van der Waals surface area contributed by atoms with Crippen LogP contribution in [0.2, 0.25) is 0 Å². The summed E-state index contributed by atoms with van der Waals surface area (Å²) in [7, 11) is 3.13. The van der Waals surface area contributed by atoms with Crippen molar-refractivity contribution in [2.75, 3.05) is 14.2 Å². The molecule has 188 valence electrons. The van der Waals surface area contributed by atoms with Crippen molar-refractivity contribution < 1.29 is 24.1 Å². The van der Waals surface area contributed by atoms with E-state index in [0.29, 0.717) is 34.4 Å². The molecular weight excluding hydrogens is 448 g/mol. The van der Waals surface area contributed by atoms with Gasteiger partial charge in [-0.25, -0.2) is 0 Å². The molecule has 3 rings (SSSR count). The van der Waals surface area contributed by atoms with Gasteiger partial charge in [0.1, 0.15) is 0 Å². The number of rotatable bonds is 11. The number of pyridine rings is 1. The second-order valence-electron chi connectivity index (χ2n) is 8.71. The number of aryl methyl sites for hydroxylation is 1. The van der Waals surface area contributed by atoms with Crippen LogP contribution in [0.3, 0.4) is 0 Å². The van der Waals surface area contributed by atoms with Gasteiger partial charge in [-0.1, -0.05) is 32.9 Å². The van der Waals surface area contributed by atoms with Gasteiger partial charge in [-0.2, -0.15) is 0 Å². The van der Waals surface area contributed by atoms with Crippen molar-refractivity contribution in [1.29, 1.82) is 0 Å². The van der Waals surface area contributed by atoms with Crippen molar-refractivity contribution in [3.8, 4) is 17.2 Å². The van der Waals surface area contributed by atoms with E-state index in [-0.39, 0.29) is 29.8 Å². The highest BCUT2D eigenvalue weighted by molar-refractivity contribution is 5.90. The zero-order chi connectivity index (χ0) is 25.5. The topological polar surface area (TPSA) is 110 Å². The quantitative estimate of drug-likeness (QED) is 0.281. The van der Waals surface area contributed by atoms with E-state index in [9.17, 15) is 14.7 Å². The van der Waals surface area contributed by atoms with Crippen molar-refractivity contribution >= 4 is 16.9 Å². The second-order valence-corrected chi connectivity index (χ2v) is 8.71. The largest absolute Gasteiger partial charge is 0.493 e. The van der Waals surface area contributed by atoms with Gasteiger partial charge in [0.15, 0.2) is 17.2 Å². The van der Waals surface area contributed by atoms with E-state index in [4.69, 9.17) is 14.2 Å². The number of H-pyrrole nitrogens is 1. The minimum Gasteiger partial charge on any atom is -0.493 e. The van der Waals surface area contributed by atoms with Gasteiger partial charge >= 0.3 is 5.97 Å². The molecule has 0 spiro atoms. The van der Waals surface area contributed by atoms with Crippen LogP contribution in [0.15, 0.2) is 47.3 Å². The monoisotopic (exact) mass is 482 g/mol. The molecule has 1 heterocycles. The zero-order valence-corrected chi connectivity index (χ0v) is 20.9. The lowest BCUT2D eigenvalue weighted by atomic mass is 9.95. The van der Waals surface area contributed by atoms with E-state index in [1.165, 1.54) is 6.07 Å². The summed E-state index contributed by atoms with van der Waals surface area (Å²) >= 11 is 0. The average Bonchev–Trinajstić information content (AvgIpc) is 2.85. The Morgan fingerprint density at radius 3 is 2.40 bits per heavy atom. The van der Waals surface area contributed by atoms with Gasteiger partial charge in [0.05, 0.1) is 25.8 Å². The van der Waals surface area contributed by atoms with Crippen LogP contribution < -0.4 is 25.1 Å². The highest BCUT2D eigenvalue weighted by Crippen LogP contribution is 2.32. The first-order valence-corrected chi connectivity index (χ1v) is 11.8. The van der Waals surface area contributed by atoms with Gasteiger partial charge in [-0.3, -0.25) is 9.59 Å². The first kappa shape index (κ1) is 26.2. The van der Waals surface area contributed by atoms with E-state index in [0.717, 1.165) is 12.0 Å². The van der Waals surface area contributed by atoms with Gasteiger partial charge in [0.2, 0.25) is 5.56 Å². The van der Waals surface area contributed by atoms with Crippen molar-refractivity contribution in [3.63, 3.8) is 0 Å². The molecule has 3 N–H and O–H groups in total. The number of aliphatic hydroxyl groups excluding tert-OH is 1. The predicted molar refractivity (Wildman–Crippen MR) is 135 cm³/mol. The van der Waals surface area contributed by atoms with Gasteiger partial charge < -0.3 is 29.6 Å². The highest BCUT2D eigenvalue weighted by Gasteiger charge is 2.23. The van der Waals surface area contributed by atoms with Gasteiger partial charge in [0, 0.05) is 30.0 Å². The lowest BCUT2D eigenvalue weighted by Crippen LogP contribution is -2.39. The van der Waals surface area contributed by atoms with Crippen LogP contribution in [-0.4, -0.2) is 42.4 Å². The fourth-order valence-corrected chi connectivity index (χ4v) is 4.12. The molecule has 8 nitrogen and oxygen atoms in total. The number of aliphatic hydroxyl groups is 1. The molecule has 0 amide bonds. The smallest absolute Gasteiger partial charge is 0.311 e. The summed E-state index contributed by atoms with van der Waals surface area (Å²) < 4.78 is 16.2. The average molecular weight is 483 g/mol. The molecule has 0 aliphatic heterocycles. The number of ether oxygens (including phenoxy) is 3. The molecule has 2 aromatic carbocycles. The summed E-state index contributed by atoms with van der Waals surface area (Å²) in [4.78, 5) is 27.5. The summed E-state index contributed by atoms with van der Waals surface area (Å²) in [6, 6.07) is 11.9. The summed E-state index contributed by atoms with van der Waals surface area (Å²) in [5.74, 6) is 1.02. The molecular formula is C27H34N2O6. The van der Waals surface area contributed by atoms with Crippen molar-refractivity contribution in [2.24, 2.45) is 0 Å². The molecule has 2 atom stereocenters. The SMILES string of the molecule is CCC(NC(C)C)C(O)c1ccc(OC(=O)CCc2ccc(OC)c(OC)c2)c2[nH]c(=O)ccc12. The van der Waals surface area contributed by atoms with Crippen LogP contribution in [0.1, 0.15) is 50.8 Å². The maximum atomic E-state index is 12.7. The molecule has 0 radical (unpaired) electrons. The third kappa shape index (κ3) is 6.41. The van der Waals surface area contributed by atoms with Crippen LogP contribution in [0.25, 0.3) is 10.9 Å². The van der Waals surface area contributed by atoms with Gasteiger partial charge in [-0.05, 0) is 48.2 Å². The Hall–Kier alpha value is -3.36. The lowest BCUT2D eigenvalue weighted by molar-refractivity contribution is -0.134. The van der Waals surface area contributed by atoms with Crippen LogP contribution in [0, 0.1) is 0 Å². The number of aromatic nitrogens is 1. The van der Waals surface area contributed by atoms with Gasteiger partial charge in [-0.15, -0.1) is 0 Å². The highest BCUT2D eigenvalue weighted by atomic mass is 16.5. The Balaban J connectivity index is 1.82. The van der Waals surface area contributed by atoms with Crippen LogP contribution in [0.4, 0.5) is 0 Å². The summed E-state index contributed by atoms with van der Waals surface area (Å²) in [5.41, 5.74) is 1.62. The van der Waals surface area contributed by atoms with E-state index in [1.54, 1.807) is 38.5 Å². The minimum absolute atomic E-state index is 0.134. The number of carbonyl (C=O) groups is 1. The number of esters is 1. The molecule has 0 fully saturated rings. The maximum absolute atomic E-state index is 12.7.